The molecule has 2 aliphatic heterocycles. The number of benzene rings is 2. The van der Waals surface area contributed by atoms with Gasteiger partial charge in [-0.2, -0.15) is 5.26 Å². The van der Waals surface area contributed by atoms with Crippen molar-refractivity contribution in [2.75, 3.05) is 20.2 Å². The molecule has 0 saturated carbocycles. The monoisotopic (exact) mass is 545 g/mol. The maximum absolute atomic E-state index is 15.0. The van der Waals surface area contributed by atoms with Crippen LogP contribution in [-0.2, 0) is 17.8 Å². The second-order valence-electron chi connectivity index (χ2n) is 11.0. The van der Waals surface area contributed by atoms with E-state index in [-0.39, 0.29) is 11.5 Å². The van der Waals surface area contributed by atoms with Crippen LogP contribution in [0.2, 0.25) is 0 Å². The van der Waals surface area contributed by atoms with Crippen LogP contribution in [0.3, 0.4) is 0 Å². The van der Waals surface area contributed by atoms with Gasteiger partial charge in [0, 0.05) is 31.3 Å². The molecule has 40 heavy (non-hydrogen) atoms. The Kier molecular flexibility index (Phi) is 7.49. The summed E-state index contributed by atoms with van der Waals surface area (Å²) in [6.07, 6.45) is 1.21. The molecule has 1 saturated heterocycles. The van der Waals surface area contributed by atoms with Crippen LogP contribution in [0.25, 0.3) is 11.1 Å². The van der Waals surface area contributed by atoms with Crippen molar-refractivity contribution in [2.24, 2.45) is 11.3 Å². The number of rotatable bonds is 8. The summed E-state index contributed by atoms with van der Waals surface area (Å²) < 4.78 is 26.6. The molecule has 3 aromatic rings. The molecule has 208 valence electrons. The normalized spacial score (nSPS) is 19.4. The van der Waals surface area contributed by atoms with Gasteiger partial charge in [-0.05, 0) is 60.6 Å². The number of likely N-dealkylation sites (tertiary alicyclic amines) is 1. The van der Waals surface area contributed by atoms with Crippen molar-refractivity contribution in [3.63, 3.8) is 0 Å². The number of halogens is 1. The number of pyridine rings is 1. The third-order valence-electron chi connectivity index (χ3n) is 7.88. The van der Waals surface area contributed by atoms with Gasteiger partial charge in [-0.3, -0.25) is 9.69 Å². The number of carboxylic acid groups (broad SMARTS) is 1. The number of fused-ring (bicyclic) bond motifs is 1. The van der Waals surface area contributed by atoms with Crippen LogP contribution in [-0.4, -0.2) is 46.3 Å². The molecular weight excluding hydrogens is 513 g/mol. The zero-order chi connectivity index (χ0) is 28.6. The van der Waals surface area contributed by atoms with Crippen molar-refractivity contribution in [2.45, 2.75) is 45.4 Å². The van der Waals surface area contributed by atoms with Gasteiger partial charge >= 0.3 is 5.97 Å². The van der Waals surface area contributed by atoms with Crippen LogP contribution in [0.15, 0.2) is 48.7 Å². The molecule has 1 fully saturated rings. The third kappa shape index (κ3) is 5.37. The van der Waals surface area contributed by atoms with E-state index in [4.69, 9.17) is 9.47 Å². The highest BCUT2D eigenvalue weighted by atomic mass is 19.1. The molecule has 0 spiro atoms. The predicted octanol–water partition coefficient (Wildman–Crippen LogP) is 5.06. The molecule has 3 atom stereocenters. The Labute approximate surface area is 232 Å². The molecule has 3 heterocycles. The summed E-state index contributed by atoms with van der Waals surface area (Å²) in [6, 6.07) is 15.2. The molecule has 2 aromatic carbocycles. The molecule has 0 bridgehead atoms. The highest BCUT2D eigenvalue weighted by Crippen LogP contribution is 2.40. The minimum absolute atomic E-state index is 0.276. The number of aryl methyl sites for hydroxylation is 1. The zero-order valence-corrected chi connectivity index (χ0v) is 22.7. The first-order valence-electron chi connectivity index (χ1n) is 13.3. The molecule has 2 N–H and O–H groups in total. The fraction of sp³-hybridized carbons (Fsp3) is 0.387. The highest BCUT2D eigenvalue weighted by molar-refractivity contribution is 5.71. The van der Waals surface area contributed by atoms with Crippen LogP contribution in [0, 0.1) is 28.5 Å². The van der Waals surface area contributed by atoms with E-state index in [1.165, 1.54) is 14.0 Å². The summed E-state index contributed by atoms with van der Waals surface area (Å²) in [5.41, 5.74) is 4.03. The van der Waals surface area contributed by atoms with Crippen LogP contribution in [0.5, 0.6) is 11.6 Å². The number of nitriles is 1. The van der Waals surface area contributed by atoms with Crippen molar-refractivity contribution in [3.8, 4) is 28.8 Å². The fourth-order valence-electron chi connectivity index (χ4n) is 5.54. The minimum Gasteiger partial charge on any atom is -0.485 e. The van der Waals surface area contributed by atoms with E-state index in [2.05, 4.69) is 16.0 Å². The summed E-state index contributed by atoms with van der Waals surface area (Å²) >= 11 is 0. The van der Waals surface area contributed by atoms with Crippen molar-refractivity contribution in [3.05, 3.63) is 76.7 Å². The van der Waals surface area contributed by atoms with Gasteiger partial charge in [0.05, 0.1) is 36.8 Å². The van der Waals surface area contributed by atoms with Crippen LogP contribution >= 0.6 is 0 Å². The number of aromatic nitrogens is 1. The second kappa shape index (κ2) is 10.9. The average molecular weight is 546 g/mol. The van der Waals surface area contributed by atoms with Gasteiger partial charge in [0.2, 0.25) is 5.88 Å². The van der Waals surface area contributed by atoms with E-state index in [0.717, 1.165) is 41.3 Å². The Balaban J connectivity index is 1.46. The van der Waals surface area contributed by atoms with Gasteiger partial charge in [0.25, 0.3) is 0 Å². The molecule has 5 rings (SSSR count). The quantitative estimate of drug-likeness (QED) is 0.404. The maximum Gasteiger partial charge on any atom is 0.309 e. The molecule has 8 nitrogen and oxygen atoms in total. The van der Waals surface area contributed by atoms with Gasteiger partial charge in [-0.15, -0.1) is 0 Å². The lowest BCUT2D eigenvalue weighted by atomic mass is 9.83. The van der Waals surface area contributed by atoms with Gasteiger partial charge in [-0.25, -0.2) is 9.37 Å². The number of carbonyl (C=O) groups is 1. The topological polar surface area (TPSA) is 116 Å². The third-order valence-corrected chi connectivity index (χ3v) is 7.88. The number of hydrogen-bond acceptors (Lipinski definition) is 7. The first-order valence-corrected chi connectivity index (χ1v) is 13.3. The SMILES string of the molecule is COc1cc(-c2ccc(C3CCc4ccc([C@H](O)[C@H](C)C(=O)O)cc4O3)cc2CN2CC(C)(C#N)C2)c(F)cn1. The van der Waals surface area contributed by atoms with E-state index in [1.54, 1.807) is 18.2 Å². The Morgan fingerprint density at radius 2 is 2.05 bits per heavy atom. The fourth-order valence-corrected chi connectivity index (χ4v) is 5.54. The van der Waals surface area contributed by atoms with E-state index >= 15 is 0 Å². The van der Waals surface area contributed by atoms with Gasteiger partial charge in [0.1, 0.15) is 17.7 Å². The van der Waals surface area contributed by atoms with Gasteiger partial charge < -0.3 is 19.7 Å². The van der Waals surface area contributed by atoms with Gasteiger partial charge in [-0.1, -0.05) is 30.3 Å². The number of aliphatic hydroxyl groups excluding tert-OH is 1. The highest BCUT2D eigenvalue weighted by Gasteiger charge is 2.39. The average Bonchev–Trinajstić information content (AvgIpc) is 2.95. The molecule has 2 aliphatic rings. The van der Waals surface area contributed by atoms with Crippen molar-refractivity contribution < 1.29 is 28.9 Å². The lowest BCUT2D eigenvalue weighted by Crippen LogP contribution is -2.53. The summed E-state index contributed by atoms with van der Waals surface area (Å²) in [5.74, 6) is -1.55. The molecule has 9 heteroatoms. The van der Waals surface area contributed by atoms with Crippen LogP contribution in [0.4, 0.5) is 4.39 Å². The lowest BCUT2D eigenvalue weighted by molar-refractivity contribution is -0.145. The van der Waals surface area contributed by atoms with E-state index in [9.17, 15) is 24.7 Å². The first kappa shape index (κ1) is 27.6. The number of ether oxygens (including phenoxy) is 2. The summed E-state index contributed by atoms with van der Waals surface area (Å²) in [4.78, 5) is 17.5. The van der Waals surface area contributed by atoms with Crippen molar-refractivity contribution in [1.82, 2.24) is 9.88 Å². The number of nitrogens with zero attached hydrogens (tertiary/aromatic N) is 3. The molecule has 0 amide bonds. The molecular formula is C31H32FN3O5. The Morgan fingerprint density at radius 1 is 1.27 bits per heavy atom. The summed E-state index contributed by atoms with van der Waals surface area (Å²) in [7, 11) is 1.49. The zero-order valence-electron chi connectivity index (χ0n) is 22.7. The Morgan fingerprint density at radius 3 is 2.75 bits per heavy atom. The lowest BCUT2D eigenvalue weighted by Gasteiger charge is -2.43. The number of aliphatic carboxylic acids is 1. The molecule has 1 unspecified atom stereocenters. The first-order chi connectivity index (χ1) is 19.1. The van der Waals surface area contributed by atoms with E-state index < -0.39 is 23.8 Å². The minimum atomic E-state index is -1.15. The number of methoxy groups -OCH3 is 1. The second-order valence-corrected chi connectivity index (χ2v) is 11.0. The Bertz CT molecular complexity index is 1480. The number of carboxylic acids is 1. The maximum atomic E-state index is 15.0. The van der Waals surface area contributed by atoms with E-state index in [0.29, 0.717) is 42.4 Å². The molecule has 1 aromatic heterocycles. The van der Waals surface area contributed by atoms with Crippen molar-refractivity contribution in [1.29, 1.82) is 5.26 Å². The summed E-state index contributed by atoms with van der Waals surface area (Å²) in [6.45, 7) is 5.20. The van der Waals surface area contributed by atoms with Crippen LogP contribution in [0.1, 0.15) is 54.7 Å². The standard InChI is InChI=1S/C31H32FN3O5/c1-18(30(37)38)29(36)21-5-4-19-7-9-26(40-27(19)11-21)20-6-8-23(24-12-28(39-3)34-13-25(24)32)22(10-20)14-35-16-31(2,15-33)17-35/h4-6,8,10-13,18,26,29,36H,7,9,14,16-17H2,1-3H3,(H,37,38)/t18-,26?,29+/m0/s1. The number of hydrogen-bond donors (Lipinski definition) is 2. The number of aliphatic hydroxyl groups is 1. The molecule has 0 radical (unpaired) electrons. The van der Waals surface area contributed by atoms with Crippen molar-refractivity contribution >= 4 is 5.97 Å². The predicted molar refractivity (Wildman–Crippen MR) is 145 cm³/mol. The van der Waals surface area contributed by atoms with Gasteiger partial charge in [0.15, 0.2) is 0 Å². The van der Waals surface area contributed by atoms with Crippen LogP contribution < -0.4 is 9.47 Å². The summed E-state index contributed by atoms with van der Waals surface area (Å²) in [5, 5.41) is 29.3. The smallest absolute Gasteiger partial charge is 0.309 e. The largest absolute Gasteiger partial charge is 0.485 e. The van der Waals surface area contributed by atoms with E-state index in [1.807, 2.05) is 31.2 Å². The molecule has 0 aliphatic carbocycles. The Hall–Kier alpha value is -4.00.